The summed E-state index contributed by atoms with van der Waals surface area (Å²) < 4.78 is 26.9. The molecule has 50 heavy (non-hydrogen) atoms. The van der Waals surface area contributed by atoms with Crippen molar-refractivity contribution in [1.29, 1.82) is 0 Å². The fourth-order valence-electron chi connectivity index (χ4n) is 9.61. The van der Waals surface area contributed by atoms with Crippen molar-refractivity contribution in [2.75, 3.05) is 4.90 Å². The van der Waals surface area contributed by atoms with Gasteiger partial charge in [-0.1, -0.05) is 84.9 Å². The number of hydrogen-bond acceptors (Lipinski definition) is 5. The smallest absolute Gasteiger partial charge is 0.260 e. The van der Waals surface area contributed by atoms with Crippen LogP contribution in [0.5, 0.6) is 46.0 Å². The Hall–Kier alpha value is -6.27. The summed E-state index contributed by atoms with van der Waals surface area (Å²) in [6.07, 6.45) is 0. The monoisotopic (exact) mass is 637 g/mol. The van der Waals surface area contributed by atoms with Crippen molar-refractivity contribution in [3.63, 3.8) is 0 Å². The first-order valence-corrected chi connectivity index (χ1v) is 17.2. The lowest BCUT2D eigenvalue weighted by molar-refractivity contribution is 0.452. The molecule has 0 atom stereocenters. The van der Waals surface area contributed by atoms with Gasteiger partial charge < -0.3 is 23.8 Å². The van der Waals surface area contributed by atoms with Crippen LogP contribution in [-0.2, 0) is 0 Å². The Morgan fingerprint density at radius 3 is 1.36 bits per heavy atom. The van der Waals surface area contributed by atoms with E-state index in [1.165, 1.54) is 44.4 Å². The lowest BCUT2D eigenvalue weighted by Crippen LogP contribution is -2.67. The molecule has 13 rings (SSSR count). The summed E-state index contributed by atoms with van der Waals surface area (Å²) >= 11 is 0. The fraction of sp³-hybridized carbons (Fsp3) is 0. The van der Waals surface area contributed by atoms with E-state index in [0.29, 0.717) is 0 Å². The van der Waals surface area contributed by atoms with Crippen LogP contribution in [-0.4, -0.2) is 20.1 Å². The van der Waals surface area contributed by atoms with E-state index in [0.717, 1.165) is 67.8 Å². The minimum atomic E-state index is -0.0541. The van der Waals surface area contributed by atoms with Gasteiger partial charge in [0.25, 0.3) is 20.1 Å². The van der Waals surface area contributed by atoms with Gasteiger partial charge in [-0.05, 0) is 80.1 Å². The second-order valence-corrected chi connectivity index (χ2v) is 13.9. The number of nitrogens with zero attached hydrogens (tertiary/aromatic N) is 1. The molecule has 6 aliphatic heterocycles. The number of anilines is 3. The van der Waals surface area contributed by atoms with Crippen LogP contribution in [0.2, 0.25) is 0 Å². The third kappa shape index (κ3) is 3.01. The topological polar surface area (TPSA) is 40.2 Å². The number of hydrogen-bond donors (Lipinski definition) is 0. The summed E-state index contributed by atoms with van der Waals surface area (Å²) in [5.41, 5.74) is 14.1. The maximum Gasteiger partial charge on any atom is 0.260 e. The molecule has 0 aromatic heterocycles. The molecule has 0 radical (unpaired) electrons. The summed E-state index contributed by atoms with van der Waals surface area (Å²) in [6, 6.07) is 47.2. The quantitative estimate of drug-likeness (QED) is 0.237. The summed E-state index contributed by atoms with van der Waals surface area (Å²) in [5, 5.41) is 0. The highest BCUT2D eigenvalue weighted by Crippen LogP contribution is 2.46. The fourth-order valence-corrected chi connectivity index (χ4v) is 9.61. The number of fused-ring (bicyclic) bond motifs is 14. The molecule has 228 valence electrons. The second-order valence-electron chi connectivity index (χ2n) is 13.9. The highest BCUT2D eigenvalue weighted by Gasteiger charge is 2.51. The predicted octanol–water partition coefficient (Wildman–Crippen LogP) is 3.75. The van der Waals surface area contributed by atoms with Gasteiger partial charge in [-0.25, -0.2) is 0 Å². The van der Waals surface area contributed by atoms with Crippen LogP contribution >= 0.6 is 0 Å². The largest absolute Gasteiger partial charge is 0.458 e. The van der Waals surface area contributed by atoms with E-state index in [4.69, 9.17) is 18.9 Å². The first kappa shape index (κ1) is 25.7. The Morgan fingerprint density at radius 1 is 0.320 bits per heavy atom. The van der Waals surface area contributed by atoms with E-state index in [-0.39, 0.29) is 20.1 Å². The molecular weight excluding hydrogens is 615 g/mol. The molecule has 6 heterocycles. The number of benzene rings is 7. The van der Waals surface area contributed by atoms with Crippen molar-refractivity contribution in [2.24, 2.45) is 0 Å². The molecule has 6 aliphatic rings. The normalized spacial score (nSPS) is 14.9. The summed E-state index contributed by atoms with van der Waals surface area (Å²) in [5.74, 6) is 6.72. The van der Waals surface area contributed by atoms with E-state index < -0.39 is 0 Å². The van der Waals surface area contributed by atoms with E-state index in [2.05, 4.69) is 108 Å². The molecule has 0 unspecified atom stereocenters. The molecule has 0 aliphatic carbocycles. The average Bonchev–Trinajstić information content (AvgIpc) is 3.16. The molecule has 5 nitrogen and oxygen atoms in total. The van der Waals surface area contributed by atoms with E-state index in [9.17, 15) is 0 Å². The van der Waals surface area contributed by atoms with Gasteiger partial charge in [0, 0.05) is 34.7 Å². The van der Waals surface area contributed by atoms with E-state index in [1.807, 2.05) is 30.3 Å². The van der Waals surface area contributed by atoms with Crippen molar-refractivity contribution >= 4 is 86.4 Å². The highest BCUT2D eigenvalue weighted by molar-refractivity contribution is 7.04. The van der Waals surface area contributed by atoms with Crippen LogP contribution < -0.4 is 73.0 Å². The lowest BCUT2D eigenvalue weighted by atomic mass is 9.28. The molecule has 7 aromatic carbocycles. The summed E-state index contributed by atoms with van der Waals surface area (Å²) in [6.45, 7) is -0.0396. The van der Waals surface area contributed by atoms with Crippen LogP contribution in [0.4, 0.5) is 17.1 Å². The van der Waals surface area contributed by atoms with Crippen molar-refractivity contribution in [3.8, 4) is 46.0 Å². The molecule has 0 saturated heterocycles. The summed E-state index contributed by atoms with van der Waals surface area (Å²) in [4.78, 5) is 2.46. The molecule has 0 spiro atoms. The Morgan fingerprint density at radius 2 is 0.740 bits per heavy atom. The molecular formula is C42H22B3NO4. The second kappa shape index (κ2) is 8.85. The Labute approximate surface area is 288 Å². The Bertz CT molecular complexity index is 2730. The minimum absolute atomic E-state index is 0.0278. The number of rotatable bonds is 0. The molecule has 0 bridgehead atoms. The van der Waals surface area contributed by atoms with Crippen LogP contribution in [0.25, 0.3) is 0 Å². The van der Waals surface area contributed by atoms with E-state index >= 15 is 0 Å². The van der Waals surface area contributed by atoms with Crippen molar-refractivity contribution in [3.05, 3.63) is 133 Å². The molecule has 7 aromatic rings. The van der Waals surface area contributed by atoms with Crippen LogP contribution in [0.15, 0.2) is 133 Å². The molecule has 8 heteroatoms. The van der Waals surface area contributed by atoms with Crippen molar-refractivity contribution < 1.29 is 18.9 Å². The lowest BCUT2D eigenvalue weighted by Gasteiger charge is -2.47. The third-order valence-corrected chi connectivity index (χ3v) is 11.5. The minimum Gasteiger partial charge on any atom is -0.458 e. The zero-order valence-corrected chi connectivity index (χ0v) is 26.5. The van der Waals surface area contributed by atoms with E-state index in [1.54, 1.807) is 0 Å². The van der Waals surface area contributed by atoms with Gasteiger partial charge >= 0.3 is 0 Å². The Balaban J connectivity index is 1.10. The van der Waals surface area contributed by atoms with Crippen molar-refractivity contribution in [1.82, 2.24) is 0 Å². The number of para-hydroxylation sites is 4. The van der Waals surface area contributed by atoms with Gasteiger partial charge in [-0.2, -0.15) is 0 Å². The maximum atomic E-state index is 7.01. The average molecular weight is 637 g/mol. The van der Waals surface area contributed by atoms with Crippen LogP contribution in [0.3, 0.4) is 0 Å². The van der Waals surface area contributed by atoms with Crippen LogP contribution in [0.1, 0.15) is 0 Å². The maximum absolute atomic E-state index is 7.01. The molecule has 0 saturated carbocycles. The van der Waals surface area contributed by atoms with Gasteiger partial charge in [0.2, 0.25) is 0 Å². The van der Waals surface area contributed by atoms with Gasteiger partial charge in [-0.3, -0.25) is 0 Å². The first-order valence-electron chi connectivity index (χ1n) is 17.2. The highest BCUT2D eigenvalue weighted by atomic mass is 16.5. The van der Waals surface area contributed by atoms with Gasteiger partial charge in [0.05, 0.1) is 0 Å². The third-order valence-electron chi connectivity index (χ3n) is 11.5. The Kier molecular flexibility index (Phi) is 4.55. The summed E-state index contributed by atoms with van der Waals surface area (Å²) in [7, 11) is 0. The zero-order chi connectivity index (χ0) is 32.2. The molecule has 0 fully saturated rings. The van der Waals surface area contributed by atoms with Gasteiger partial charge in [0.1, 0.15) is 46.0 Å². The zero-order valence-electron chi connectivity index (χ0n) is 26.5. The van der Waals surface area contributed by atoms with Gasteiger partial charge in [0.15, 0.2) is 0 Å². The SMILES string of the molecule is c1ccc2c(c1)Oc1cccc3c1B2c1cc2c(cc1O3)Oc1cc3c4c5c1B2c1ccccc1N5c1ccccc1B4c1ccccc1O3. The van der Waals surface area contributed by atoms with Gasteiger partial charge in [-0.15, -0.1) is 0 Å². The molecule has 0 N–H and O–H groups in total. The standard InChI is InChI=1S/C42H22B3NO4/c1-5-14-29-23(10-1)43-25-12-3-8-17-32(25)48-37-22-38-41-42(40(37)43)46(29)30-15-6-2-11-24(30)44(41)27-20-28-35(21-36(27)50-38)49-34-19-9-18-33-39(34)45(28)26-13-4-7-16-31(26)47-33/h1-22H. The van der Waals surface area contributed by atoms with Crippen LogP contribution in [0, 0.1) is 0 Å². The van der Waals surface area contributed by atoms with Crippen molar-refractivity contribution in [2.45, 2.75) is 0 Å². The molecule has 0 amide bonds. The predicted molar refractivity (Wildman–Crippen MR) is 201 cm³/mol. The first-order chi connectivity index (χ1) is 24.8. The number of ether oxygens (including phenoxy) is 4.